The summed E-state index contributed by atoms with van der Waals surface area (Å²) in [7, 11) is 2.06. The van der Waals surface area contributed by atoms with Crippen LogP contribution in [0.5, 0.6) is 0 Å². The number of nitrogens with zero attached hydrogens (tertiary/aromatic N) is 1. The highest BCUT2D eigenvalue weighted by Crippen LogP contribution is 2.17. The van der Waals surface area contributed by atoms with Gasteiger partial charge in [-0.2, -0.15) is 0 Å². The first-order valence-electron chi connectivity index (χ1n) is 6.31. The molecule has 0 radical (unpaired) electrons. The van der Waals surface area contributed by atoms with E-state index in [1.165, 1.54) is 11.3 Å². The summed E-state index contributed by atoms with van der Waals surface area (Å²) < 4.78 is 7.60. The molecule has 0 aliphatic carbocycles. The van der Waals surface area contributed by atoms with Crippen molar-refractivity contribution in [2.75, 3.05) is 11.9 Å². The number of para-hydroxylation sites is 1. The molecule has 1 aromatic carbocycles. The van der Waals surface area contributed by atoms with Gasteiger partial charge in [-0.25, -0.2) is 0 Å². The van der Waals surface area contributed by atoms with Crippen molar-refractivity contribution in [1.29, 1.82) is 0 Å². The monoisotopic (exact) mass is 244 g/mol. The van der Waals surface area contributed by atoms with Crippen molar-refractivity contribution in [3.05, 3.63) is 53.9 Å². The lowest BCUT2D eigenvalue weighted by Crippen LogP contribution is -2.06. The maximum absolute atomic E-state index is 5.48. The van der Waals surface area contributed by atoms with Crippen LogP contribution in [0.3, 0.4) is 0 Å². The smallest absolute Gasteiger partial charge is 0.0736 e. The predicted octanol–water partition coefficient (Wildman–Crippen LogP) is 3.17. The van der Waals surface area contributed by atoms with E-state index in [0.29, 0.717) is 6.61 Å². The van der Waals surface area contributed by atoms with Crippen LogP contribution in [-0.2, 0) is 24.9 Å². The number of aromatic nitrogens is 1. The van der Waals surface area contributed by atoms with Gasteiger partial charge in [0.2, 0.25) is 0 Å². The van der Waals surface area contributed by atoms with Gasteiger partial charge in [0.1, 0.15) is 0 Å². The lowest BCUT2D eigenvalue weighted by molar-refractivity contribution is 0.134. The lowest BCUT2D eigenvalue weighted by Gasteiger charge is -2.12. The van der Waals surface area contributed by atoms with Gasteiger partial charge in [0, 0.05) is 36.8 Å². The first kappa shape index (κ1) is 12.7. The molecule has 1 heterocycles. The Labute approximate surface area is 108 Å². The molecule has 96 valence electrons. The molecule has 2 aromatic rings. The minimum Gasteiger partial charge on any atom is -0.379 e. The number of rotatable bonds is 6. The summed E-state index contributed by atoms with van der Waals surface area (Å²) in [6.07, 6.45) is 2.06. The van der Waals surface area contributed by atoms with Crippen molar-refractivity contribution < 1.29 is 4.74 Å². The second-order valence-electron chi connectivity index (χ2n) is 4.26. The third-order valence-corrected chi connectivity index (χ3v) is 2.99. The van der Waals surface area contributed by atoms with Crippen LogP contribution >= 0.6 is 0 Å². The normalized spacial score (nSPS) is 10.6. The van der Waals surface area contributed by atoms with E-state index in [1.807, 2.05) is 19.1 Å². The van der Waals surface area contributed by atoms with Crippen LogP contribution in [0.15, 0.2) is 42.6 Å². The number of nitrogens with one attached hydrogen (secondary N) is 1. The first-order chi connectivity index (χ1) is 8.81. The second kappa shape index (κ2) is 6.26. The Morgan fingerprint density at radius 3 is 2.72 bits per heavy atom. The molecule has 3 heteroatoms. The molecular weight excluding hydrogens is 224 g/mol. The maximum atomic E-state index is 5.48. The Morgan fingerprint density at radius 2 is 2.00 bits per heavy atom. The zero-order chi connectivity index (χ0) is 12.8. The van der Waals surface area contributed by atoms with Crippen molar-refractivity contribution in [3.8, 4) is 0 Å². The van der Waals surface area contributed by atoms with Crippen molar-refractivity contribution >= 4 is 5.69 Å². The minimum absolute atomic E-state index is 0.660. The number of benzene rings is 1. The molecule has 0 saturated carbocycles. The quantitative estimate of drug-likeness (QED) is 0.844. The van der Waals surface area contributed by atoms with Crippen molar-refractivity contribution in [1.82, 2.24) is 4.57 Å². The van der Waals surface area contributed by atoms with Gasteiger partial charge in [-0.1, -0.05) is 18.2 Å². The van der Waals surface area contributed by atoms with Crippen LogP contribution in [0.4, 0.5) is 5.69 Å². The van der Waals surface area contributed by atoms with Gasteiger partial charge < -0.3 is 14.6 Å². The van der Waals surface area contributed by atoms with E-state index in [-0.39, 0.29) is 0 Å². The molecule has 1 N–H and O–H groups in total. The first-order valence-corrected chi connectivity index (χ1v) is 6.31. The summed E-state index contributed by atoms with van der Waals surface area (Å²) in [4.78, 5) is 0. The summed E-state index contributed by atoms with van der Waals surface area (Å²) >= 11 is 0. The summed E-state index contributed by atoms with van der Waals surface area (Å²) in [5.74, 6) is 0. The fraction of sp³-hybridized carbons (Fsp3) is 0.333. The molecule has 3 nitrogen and oxygen atoms in total. The molecule has 0 amide bonds. The summed E-state index contributed by atoms with van der Waals surface area (Å²) in [6.45, 7) is 4.24. The molecule has 0 fully saturated rings. The maximum Gasteiger partial charge on any atom is 0.0736 e. The minimum atomic E-state index is 0.660. The standard InChI is InChI=1S/C15H20N2O/c1-3-18-12-13-7-4-5-9-15(13)16-11-14-8-6-10-17(14)2/h4-10,16H,3,11-12H2,1-2H3. The lowest BCUT2D eigenvalue weighted by atomic mass is 10.2. The van der Waals surface area contributed by atoms with Crippen molar-refractivity contribution in [2.24, 2.45) is 7.05 Å². The average molecular weight is 244 g/mol. The Kier molecular flexibility index (Phi) is 4.42. The molecule has 1 aromatic heterocycles. The third-order valence-electron chi connectivity index (χ3n) is 2.99. The van der Waals surface area contributed by atoms with E-state index in [1.54, 1.807) is 0 Å². The molecule has 2 rings (SSSR count). The molecule has 0 bridgehead atoms. The number of anilines is 1. The molecule has 0 aliphatic heterocycles. The number of hydrogen-bond donors (Lipinski definition) is 1. The van der Waals surface area contributed by atoms with Crippen LogP contribution in [0.1, 0.15) is 18.2 Å². The van der Waals surface area contributed by atoms with Crippen LogP contribution in [-0.4, -0.2) is 11.2 Å². The van der Waals surface area contributed by atoms with Gasteiger partial charge in [0.25, 0.3) is 0 Å². The SMILES string of the molecule is CCOCc1ccccc1NCc1cccn1C. The molecule has 0 unspecified atom stereocenters. The molecule has 0 atom stereocenters. The van der Waals surface area contributed by atoms with Gasteiger partial charge in [0.05, 0.1) is 13.2 Å². The van der Waals surface area contributed by atoms with Crippen LogP contribution in [0, 0.1) is 0 Å². The fourth-order valence-corrected chi connectivity index (χ4v) is 1.90. The fourth-order valence-electron chi connectivity index (χ4n) is 1.90. The average Bonchev–Trinajstić information content (AvgIpc) is 2.80. The molecule has 0 spiro atoms. The van der Waals surface area contributed by atoms with Crippen molar-refractivity contribution in [3.63, 3.8) is 0 Å². The largest absolute Gasteiger partial charge is 0.379 e. The molecule has 18 heavy (non-hydrogen) atoms. The number of ether oxygens (including phenoxy) is 1. The predicted molar refractivity (Wildman–Crippen MR) is 74.5 cm³/mol. The van der Waals surface area contributed by atoms with Crippen LogP contribution in [0.2, 0.25) is 0 Å². The van der Waals surface area contributed by atoms with E-state index in [4.69, 9.17) is 4.74 Å². The second-order valence-corrected chi connectivity index (χ2v) is 4.26. The van der Waals surface area contributed by atoms with E-state index < -0.39 is 0 Å². The topological polar surface area (TPSA) is 26.2 Å². The van der Waals surface area contributed by atoms with E-state index in [9.17, 15) is 0 Å². The number of hydrogen-bond acceptors (Lipinski definition) is 2. The van der Waals surface area contributed by atoms with E-state index in [0.717, 1.165) is 18.8 Å². The number of aryl methyl sites for hydroxylation is 1. The Balaban J connectivity index is 2.02. The van der Waals surface area contributed by atoms with Gasteiger partial charge in [0.15, 0.2) is 0 Å². The van der Waals surface area contributed by atoms with Gasteiger partial charge in [-0.05, 0) is 25.1 Å². The zero-order valence-electron chi connectivity index (χ0n) is 11.0. The van der Waals surface area contributed by atoms with Crippen molar-refractivity contribution in [2.45, 2.75) is 20.1 Å². The van der Waals surface area contributed by atoms with Gasteiger partial charge in [-0.3, -0.25) is 0 Å². The molecular formula is C15H20N2O. The van der Waals surface area contributed by atoms with Gasteiger partial charge >= 0.3 is 0 Å². The zero-order valence-corrected chi connectivity index (χ0v) is 11.0. The summed E-state index contributed by atoms with van der Waals surface area (Å²) in [6, 6.07) is 12.5. The highest BCUT2D eigenvalue weighted by atomic mass is 16.5. The summed E-state index contributed by atoms with van der Waals surface area (Å²) in [5.41, 5.74) is 3.61. The van der Waals surface area contributed by atoms with Gasteiger partial charge in [-0.15, -0.1) is 0 Å². The Hall–Kier alpha value is -1.74. The third kappa shape index (κ3) is 3.14. The van der Waals surface area contributed by atoms with Crippen LogP contribution in [0.25, 0.3) is 0 Å². The highest BCUT2D eigenvalue weighted by Gasteiger charge is 2.02. The van der Waals surface area contributed by atoms with E-state index in [2.05, 4.69) is 47.4 Å². The summed E-state index contributed by atoms with van der Waals surface area (Å²) in [5, 5.41) is 3.46. The molecule has 0 saturated heterocycles. The highest BCUT2D eigenvalue weighted by molar-refractivity contribution is 5.50. The van der Waals surface area contributed by atoms with E-state index >= 15 is 0 Å². The Bertz CT molecular complexity index is 491. The van der Waals surface area contributed by atoms with Crippen LogP contribution < -0.4 is 5.32 Å². The Morgan fingerprint density at radius 1 is 1.17 bits per heavy atom. The molecule has 0 aliphatic rings.